The molecule has 0 unspecified atom stereocenters. The number of halogens is 1. The molecule has 2 aliphatic rings. The van der Waals surface area contributed by atoms with Crippen molar-refractivity contribution < 1.29 is 9.13 Å². The first-order chi connectivity index (χ1) is 15.7. The third-order valence-corrected chi connectivity index (χ3v) is 6.85. The van der Waals surface area contributed by atoms with Gasteiger partial charge in [0.25, 0.3) is 0 Å². The summed E-state index contributed by atoms with van der Waals surface area (Å²) in [6, 6.07) is 22.6. The molecule has 166 valence electrons. The van der Waals surface area contributed by atoms with Gasteiger partial charge < -0.3 is 4.74 Å². The van der Waals surface area contributed by atoms with E-state index in [1.54, 1.807) is 0 Å². The zero-order valence-corrected chi connectivity index (χ0v) is 18.8. The van der Waals surface area contributed by atoms with Gasteiger partial charge in [0.1, 0.15) is 11.6 Å². The number of hydrogen-bond donors (Lipinski definition) is 0. The molecular weight excluding hydrogens is 399 g/mol. The fraction of sp³-hybridized carbons (Fsp3) is 0.357. The molecule has 0 saturated carbocycles. The summed E-state index contributed by atoms with van der Waals surface area (Å²) >= 11 is 0. The zero-order valence-electron chi connectivity index (χ0n) is 18.8. The third-order valence-electron chi connectivity index (χ3n) is 6.85. The van der Waals surface area contributed by atoms with E-state index in [2.05, 4.69) is 52.3 Å². The summed E-state index contributed by atoms with van der Waals surface area (Å²) < 4.78 is 19.3. The summed E-state index contributed by atoms with van der Waals surface area (Å²) in [6.07, 6.45) is 2.44. The van der Waals surface area contributed by atoms with Crippen LogP contribution < -0.4 is 4.74 Å². The highest BCUT2D eigenvalue weighted by Gasteiger charge is 2.28. The Labute approximate surface area is 190 Å². The summed E-state index contributed by atoms with van der Waals surface area (Å²) in [5, 5.41) is 0. The van der Waals surface area contributed by atoms with Crippen LogP contribution in [0.2, 0.25) is 0 Å². The molecule has 0 spiro atoms. The molecule has 3 aromatic carbocycles. The predicted octanol–water partition coefficient (Wildman–Crippen LogP) is 5.87. The van der Waals surface area contributed by atoms with Crippen molar-refractivity contribution in [3.8, 4) is 16.9 Å². The maximum atomic E-state index is 13.3. The second-order valence-electron chi connectivity index (χ2n) is 8.95. The number of benzene rings is 3. The summed E-state index contributed by atoms with van der Waals surface area (Å²) in [5.74, 6) is 0.658. The van der Waals surface area contributed by atoms with E-state index in [0.29, 0.717) is 12.6 Å². The van der Waals surface area contributed by atoms with Crippen molar-refractivity contribution in [2.45, 2.75) is 45.4 Å². The van der Waals surface area contributed by atoms with Gasteiger partial charge in [0.2, 0.25) is 0 Å². The number of nitrogens with zero attached hydrogens (tertiary/aromatic N) is 2. The van der Waals surface area contributed by atoms with Gasteiger partial charge in [0.05, 0.1) is 6.61 Å². The van der Waals surface area contributed by atoms with Crippen LogP contribution in [0, 0.1) is 5.82 Å². The maximum Gasteiger partial charge on any atom is 0.127 e. The molecule has 0 amide bonds. The minimum Gasteiger partial charge on any atom is -0.493 e. The summed E-state index contributed by atoms with van der Waals surface area (Å²) in [4.78, 5) is 5.22. The molecule has 32 heavy (non-hydrogen) atoms. The van der Waals surface area contributed by atoms with E-state index in [1.165, 1.54) is 41.7 Å². The van der Waals surface area contributed by atoms with E-state index < -0.39 is 0 Å². The van der Waals surface area contributed by atoms with Gasteiger partial charge in [-0.3, -0.25) is 9.80 Å². The number of hydrogen-bond acceptors (Lipinski definition) is 3. The Morgan fingerprint density at radius 1 is 0.906 bits per heavy atom. The number of ether oxygens (including phenoxy) is 1. The molecule has 3 nitrogen and oxygen atoms in total. The SMILES string of the molecule is CCOc1cc(CN2CCC(N3Cc4ccccc4C3)CC2)ccc1-c1ccc(F)cc1. The average Bonchev–Trinajstić information content (AvgIpc) is 3.25. The molecular formula is C28H31FN2O. The maximum absolute atomic E-state index is 13.3. The summed E-state index contributed by atoms with van der Waals surface area (Å²) in [7, 11) is 0. The second kappa shape index (κ2) is 9.43. The number of piperidine rings is 1. The van der Waals surface area contributed by atoms with Crippen LogP contribution in [0.25, 0.3) is 11.1 Å². The van der Waals surface area contributed by atoms with Crippen molar-refractivity contribution in [2.75, 3.05) is 19.7 Å². The summed E-state index contributed by atoms with van der Waals surface area (Å²) in [6.45, 7) is 8.01. The van der Waals surface area contributed by atoms with E-state index in [4.69, 9.17) is 4.74 Å². The van der Waals surface area contributed by atoms with E-state index >= 15 is 0 Å². The Kier molecular flexibility index (Phi) is 6.24. The molecule has 2 heterocycles. The van der Waals surface area contributed by atoms with E-state index in [0.717, 1.165) is 49.6 Å². The predicted molar refractivity (Wildman–Crippen MR) is 127 cm³/mol. The van der Waals surface area contributed by atoms with Crippen molar-refractivity contribution >= 4 is 0 Å². The highest BCUT2D eigenvalue weighted by molar-refractivity contribution is 5.71. The number of rotatable bonds is 6. The Hall–Kier alpha value is -2.69. The van der Waals surface area contributed by atoms with Crippen molar-refractivity contribution in [2.24, 2.45) is 0 Å². The van der Waals surface area contributed by atoms with Crippen LogP contribution >= 0.6 is 0 Å². The molecule has 1 fully saturated rings. The number of fused-ring (bicyclic) bond motifs is 1. The highest BCUT2D eigenvalue weighted by atomic mass is 19.1. The van der Waals surface area contributed by atoms with Crippen LogP contribution in [0.15, 0.2) is 66.7 Å². The smallest absolute Gasteiger partial charge is 0.127 e. The lowest BCUT2D eigenvalue weighted by molar-refractivity contribution is 0.103. The highest BCUT2D eigenvalue weighted by Crippen LogP contribution is 2.33. The monoisotopic (exact) mass is 430 g/mol. The molecule has 0 aromatic heterocycles. The van der Waals surface area contributed by atoms with Gasteiger partial charge in [-0.05, 0) is 73.3 Å². The standard InChI is InChI=1S/C28H31FN2O/c1-2-32-28-17-21(7-12-27(28)22-8-10-25(29)11-9-22)18-30-15-13-26(14-16-30)31-19-23-5-3-4-6-24(23)20-31/h3-12,17,26H,2,13-16,18-20H2,1H3. The molecule has 0 atom stereocenters. The quantitative estimate of drug-likeness (QED) is 0.486. The first-order valence-electron chi connectivity index (χ1n) is 11.7. The summed E-state index contributed by atoms with van der Waals surface area (Å²) in [5.41, 5.74) is 6.27. The Bertz CT molecular complexity index is 1030. The fourth-order valence-corrected chi connectivity index (χ4v) is 5.13. The van der Waals surface area contributed by atoms with Crippen LogP contribution in [0.5, 0.6) is 5.75 Å². The van der Waals surface area contributed by atoms with Crippen LogP contribution in [-0.2, 0) is 19.6 Å². The lowest BCUT2D eigenvalue weighted by atomic mass is 10.0. The molecule has 1 saturated heterocycles. The molecule has 3 aromatic rings. The number of likely N-dealkylation sites (tertiary alicyclic amines) is 1. The third kappa shape index (κ3) is 4.57. The van der Waals surface area contributed by atoms with Crippen molar-refractivity contribution in [1.82, 2.24) is 9.80 Å². The van der Waals surface area contributed by atoms with Crippen LogP contribution in [0.4, 0.5) is 4.39 Å². The molecule has 5 rings (SSSR count). The van der Waals surface area contributed by atoms with Crippen LogP contribution in [-0.4, -0.2) is 35.5 Å². The molecule has 0 radical (unpaired) electrons. The first kappa shape index (κ1) is 21.2. The van der Waals surface area contributed by atoms with Gasteiger partial charge >= 0.3 is 0 Å². The molecule has 0 aliphatic carbocycles. The van der Waals surface area contributed by atoms with Gasteiger partial charge in [-0.25, -0.2) is 4.39 Å². The second-order valence-corrected chi connectivity index (χ2v) is 8.95. The normalized spacial score (nSPS) is 17.4. The van der Waals surface area contributed by atoms with Gasteiger partial charge in [0, 0.05) is 31.2 Å². The molecule has 4 heteroatoms. The van der Waals surface area contributed by atoms with E-state index in [1.807, 2.05) is 19.1 Å². The minimum absolute atomic E-state index is 0.218. The Balaban J connectivity index is 1.21. The lowest BCUT2D eigenvalue weighted by Gasteiger charge is -2.36. The van der Waals surface area contributed by atoms with Gasteiger partial charge in [0.15, 0.2) is 0 Å². The van der Waals surface area contributed by atoms with E-state index in [9.17, 15) is 4.39 Å². The lowest BCUT2D eigenvalue weighted by Crippen LogP contribution is -2.42. The van der Waals surface area contributed by atoms with Gasteiger partial charge in [-0.2, -0.15) is 0 Å². The Morgan fingerprint density at radius 3 is 2.25 bits per heavy atom. The van der Waals surface area contributed by atoms with Crippen molar-refractivity contribution in [3.05, 3.63) is 89.2 Å². The topological polar surface area (TPSA) is 15.7 Å². The van der Waals surface area contributed by atoms with Gasteiger partial charge in [-0.15, -0.1) is 0 Å². The van der Waals surface area contributed by atoms with Crippen LogP contribution in [0.1, 0.15) is 36.5 Å². The fourth-order valence-electron chi connectivity index (χ4n) is 5.13. The Morgan fingerprint density at radius 2 is 1.59 bits per heavy atom. The van der Waals surface area contributed by atoms with E-state index in [-0.39, 0.29) is 5.82 Å². The first-order valence-corrected chi connectivity index (χ1v) is 11.7. The van der Waals surface area contributed by atoms with Crippen molar-refractivity contribution in [3.63, 3.8) is 0 Å². The van der Waals surface area contributed by atoms with Crippen molar-refractivity contribution in [1.29, 1.82) is 0 Å². The average molecular weight is 431 g/mol. The molecule has 0 bridgehead atoms. The molecule has 2 aliphatic heterocycles. The largest absolute Gasteiger partial charge is 0.493 e. The molecule has 0 N–H and O–H groups in total. The van der Waals surface area contributed by atoms with Crippen LogP contribution in [0.3, 0.4) is 0 Å². The zero-order chi connectivity index (χ0) is 21.9. The van der Waals surface area contributed by atoms with Gasteiger partial charge in [-0.1, -0.05) is 48.5 Å². The minimum atomic E-state index is -0.218.